The molecule has 25 heavy (non-hydrogen) atoms. The summed E-state index contributed by atoms with van der Waals surface area (Å²) in [5.41, 5.74) is 1.43. The van der Waals surface area contributed by atoms with E-state index in [1.807, 2.05) is 30.3 Å². The Kier molecular flexibility index (Phi) is 6.55. The van der Waals surface area contributed by atoms with Crippen LogP contribution < -0.4 is 10.1 Å². The molecule has 0 heterocycles. The van der Waals surface area contributed by atoms with E-state index in [-0.39, 0.29) is 25.4 Å². The first-order valence-corrected chi connectivity index (χ1v) is 9.67. The highest BCUT2D eigenvalue weighted by Gasteiger charge is 2.18. The van der Waals surface area contributed by atoms with Gasteiger partial charge in [-0.25, -0.2) is 8.42 Å². The van der Waals surface area contributed by atoms with Crippen LogP contribution in [-0.4, -0.2) is 38.5 Å². The molecule has 134 valence electrons. The van der Waals surface area contributed by atoms with Gasteiger partial charge in [-0.2, -0.15) is 4.31 Å². The van der Waals surface area contributed by atoms with E-state index in [1.54, 1.807) is 24.3 Å². The number of anilines is 1. The quantitative estimate of drug-likeness (QED) is 0.783. The third-order valence-corrected chi connectivity index (χ3v) is 4.89. The van der Waals surface area contributed by atoms with E-state index in [9.17, 15) is 13.2 Å². The number of nitrogens with one attached hydrogen (secondary N) is 1. The van der Waals surface area contributed by atoms with Gasteiger partial charge in [-0.15, -0.1) is 0 Å². The van der Waals surface area contributed by atoms with Crippen LogP contribution in [0.15, 0.2) is 54.6 Å². The maximum atomic E-state index is 12.2. The molecule has 0 radical (unpaired) electrons. The molecule has 7 heteroatoms. The predicted molar refractivity (Wildman–Crippen MR) is 97.9 cm³/mol. The first kappa shape index (κ1) is 19.0. The number of carbonyl (C=O) groups excluding carboxylic acids is 1. The Morgan fingerprint density at radius 3 is 2.36 bits per heavy atom. The Morgan fingerprint density at radius 1 is 1.08 bits per heavy atom. The first-order valence-electron chi connectivity index (χ1n) is 7.82. The molecule has 0 atom stereocenters. The van der Waals surface area contributed by atoms with Crippen molar-refractivity contribution in [3.63, 3.8) is 0 Å². The highest BCUT2D eigenvalue weighted by Crippen LogP contribution is 2.23. The second kappa shape index (κ2) is 8.64. The molecule has 0 aliphatic carbocycles. The number of carbonyl (C=O) groups is 1. The van der Waals surface area contributed by atoms with Gasteiger partial charge in [0.15, 0.2) is 0 Å². The molecule has 2 aromatic carbocycles. The number of benzene rings is 2. The third kappa shape index (κ3) is 5.88. The smallest absolute Gasteiger partial charge is 0.225 e. The molecule has 1 amide bonds. The Hall–Kier alpha value is -2.38. The summed E-state index contributed by atoms with van der Waals surface area (Å²) in [5.74, 6) is 0.284. The molecule has 0 bridgehead atoms. The maximum absolute atomic E-state index is 12.2. The van der Waals surface area contributed by atoms with Crippen molar-refractivity contribution in [2.24, 2.45) is 0 Å². The number of ether oxygens (including phenoxy) is 1. The highest BCUT2D eigenvalue weighted by molar-refractivity contribution is 7.88. The Bertz CT molecular complexity index is 807. The standard InChI is InChI=1S/C18H22N2O4S/c1-24-17-11-7-6-10-16(17)19-18(21)12-13-20(25(2,22)23)14-15-8-4-3-5-9-15/h3-11H,12-14H2,1-2H3,(H,19,21). The van der Waals surface area contributed by atoms with Crippen molar-refractivity contribution >= 4 is 21.6 Å². The summed E-state index contributed by atoms with van der Waals surface area (Å²) in [4.78, 5) is 12.2. The molecular formula is C18H22N2O4S. The van der Waals surface area contributed by atoms with Gasteiger partial charge in [-0.05, 0) is 17.7 Å². The fourth-order valence-corrected chi connectivity index (χ4v) is 3.14. The van der Waals surface area contributed by atoms with Crippen LogP contribution in [0.2, 0.25) is 0 Å². The molecule has 1 N–H and O–H groups in total. The summed E-state index contributed by atoms with van der Waals surface area (Å²) in [7, 11) is -1.89. The lowest BCUT2D eigenvalue weighted by Crippen LogP contribution is -2.32. The number of rotatable bonds is 8. The Balaban J connectivity index is 1.99. The van der Waals surface area contributed by atoms with Gasteiger partial charge in [-0.3, -0.25) is 4.79 Å². The van der Waals surface area contributed by atoms with Crippen LogP contribution >= 0.6 is 0 Å². The number of amides is 1. The average molecular weight is 362 g/mol. The van der Waals surface area contributed by atoms with E-state index in [2.05, 4.69) is 5.32 Å². The number of hydrogen-bond acceptors (Lipinski definition) is 4. The Labute approximate surface area is 148 Å². The van der Waals surface area contributed by atoms with Crippen LogP contribution in [-0.2, 0) is 21.4 Å². The van der Waals surface area contributed by atoms with Gasteiger partial charge in [0.2, 0.25) is 15.9 Å². The van der Waals surface area contributed by atoms with Gasteiger partial charge in [0.1, 0.15) is 5.75 Å². The van der Waals surface area contributed by atoms with E-state index >= 15 is 0 Å². The zero-order chi connectivity index (χ0) is 18.3. The third-order valence-electron chi connectivity index (χ3n) is 3.64. The van der Waals surface area contributed by atoms with Crippen molar-refractivity contribution in [3.05, 3.63) is 60.2 Å². The molecule has 0 aliphatic rings. The van der Waals surface area contributed by atoms with Crippen molar-refractivity contribution in [2.45, 2.75) is 13.0 Å². The van der Waals surface area contributed by atoms with Gasteiger partial charge in [-0.1, -0.05) is 42.5 Å². The molecule has 0 saturated heterocycles. The number of nitrogens with zero attached hydrogens (tertiary/aromatic N) is 1. The van der Waals surface area contributed by atoms with Crippen LogP contribution in [0.5, 0.6) is 5.75 Å². The largest absolute Gasteiger partial charge is 0.495 e. The summed E-state index contributed by atoms with van der Waals surface area (Å²) >= 11 is 0. The second-order valence-electron chi connectivity index (χ2n) is 5.58. The van der Waals surface area contributed by atoms with Gasteiger partial charge in [0.25, 0.3) is 0 Å². The van der Waals surface area contributed by atoms with Crippen LogP contribution in [0.1, 0.15) is 12.0 Å². The van der Waals surface area contributed by atoms with Crippen LogP contribution in [0.3, 0.4) is 0 Å². The average Bonchev–Trinajstić information content (AvgIpc) is 2.59. The SMILES string of the molecule is COc1ccccc1NC(=O)CCN(Cc1ccccc1)S(C)(=O)=O. The number of hydrogen-bond donors (Lipinski definition) is 1. The molecule has 0 saturated carbocycles. The van der Waals surface area contributed by atoms with Crippen molar-refractivity contribution < 1.29 is 17.9 Å². The number of sulfonamides is 1. The van der Waals surface area contributed by atoms with Gasteiger partial charge in [0, 0.05) is 19.5 Å². The fraction of sp³-hybridized carbons (Fsp3) is 0.278. The van der Waals surface area contributed by atoms with E-state index in [1.165, 1.54) is 11.4 Å². The zero-order valence-corrected chi connectivity index (χ0v) is 15.1. The van der Waals surface area contributed by atoms with E-state index in [0.717, 1.165) is 11.8 Å². The summed E-state index contributed by atoms with van der Waals surface area (Å²) < 4.78 is 30.4. The molecule has 0 aromatic heterocycles. The van der Waals surface area contributed by atoms with E-state index < -0.39 is 10.0 Å². The monoisotopic (exact) mass is 362 g/mol. The summed E-state index contributed by atoms with van der Waals surface area (Å²) in [5, 5.41) is 2.75. The molecule has 0 spiro atoms. The van der Waals surface area contributed by atoms with Gasteiger partial charge >= 0.3 is 0 Å². The summed E-state index contributed by atoms with van der Waals surface area (Å²) in [6, 6.07) is 16.3. The van der Waals surface area contributed by atoms with Crippen molar-refractivity contribution in [3.8, 4) is 5.75 Å². The molecule has 0 aliphatic heterocycles. The Morgan fingerprint density at radius 2 is 1.72 bits per heavy atom. The van der Waals surface area contributed by atoms with Gasteiger partial charge < -0.3 is 10.1 Å². The van der Waals surface area contributed by atoms with Crippen molar-refractivity contribution in [1.82, 2.24) is 4.31 Å². The lowest BCUT2D eigenvalue weighted by atomic mass is 10.2. The molecule has 0 fully saturated rings. The number of methoxy groups -OCH3 is 1. The minimum absolute atomic E-state index is 0.0535. The lowest BCUT2D eigenvalue weighted by Gasteiger charge is -2.20. The summed E-state index contributed by atoms with van der Waals surface area (Å²) in [6.45, 7) is 0.344. The molecule has 0 unspecified atom stereocenters. The normalized spacial score (nSPS) is 11.3. The molecule has 2 aromatic rings. The fourth-order valence-electron chi connectivity index (χ4n) is 2.34. The van der Waals surface area contributed by atoms with Crippen molar-refractivity contribution in [2.75, 3.05) is 25.2 Å². The first-order chi connectivity index (χ1) is 11.9. The van der Waals surface area contributed by atoms with Crippen LogP contribution in [0.4, 0.5) is 5.69 Å². The second-order valence-corrected chi connectivity index (χ2v) is 7.56. The maximum Gasteiger partial charge on any atom is 0.225 e. The topological polar surface area (TPSA) is 75.7 Å². The lowest BCUT2D eigenvalue weighted by molar-refractivity contribution is -0.116. The van der Waals surface area contributed by atoms with Crippen molar-refractivity contribution in [1.29, 1.82) is 0 Å². The van der Waals surface area contributed by atoms with E-state index in [4.69, 9.17) is 4.74 Å². The molecular weight excluding hydrogens is 340 g/mol. The van der Waals surface area contributed by atoms with Crippen LogP contribution in [0.25, 0.3) is 0 Å². The summed E-state index contributed by atoms with van der Waals surface area (Å²) in [6.07, 6.45) is 1.20. The van der Waals surface area contributed by atoms with E-state index in [0.29, 0.717) is 11.4 Å². The highest BCUT2D eigenvalue weighted by atomic mass is 32.2. The minimum atomic E-state index is -3.42. The molecule has 6 nitrogen and oxygen atoms in total. The number of para-hydroxylation sites is 2. The predicted octanol–water partition coefficient (Wildman–Crippen LogP) is 2.49. The van der Waals surface area contributed by atoms with Crippen LogP contribution in [0, 0.1) is 0 Å². The van der Waals surface area contributed by atoms with Gasteiger partial charge in [0.05, 0.1) is 19.1 Å². The molecule has 2 rings (SSSR count). The zero-order valence-electron chi connectivity index (χ0n) is 14.3. The minimum Gasteiger partial charge on any atom is -0.495 e.